The molecular formula is C15H17F3N4O. The van der Waals surface area contributed by atoms with E-state index >= 15 is 0 Å². The van der Waals surface area contributed by atoms with Crippen molar-refractivity contribution in [2.75, 3.05) is 13.6 Å². The zero-order chi connectivity index (χ0) is 16.8. The van der Waals surface area contributed by atoms with Gasteiger partial charge in [-0.1, -0.05) is 18.2 Å². The van der Waals surface area contributed by atoms with E-state index in [0.717, 1.165) is 4.57 Å². The van der Waals surface area contributed by atoms with Crippen molar-refractivity contribution < 1.29 is 18.0 Å². The molecule has 0 unspecified atom stereocenters. The van der Waals surface area contributed by atoms with Crippen molar-refractivity contribution in [3.8, 4) is 0 Å². The molecule has 0 atom stereocenters. The van der Waals surface area contributed by atoms with E-state index in [1.807, 2.05) is 0 Å². The number of rotatable bonds is 7. The minimum Gasteiger partial charge on any atom is -0.351 e. The number of nitrogens with zero attached hydrogens (tertiary/aromatic N) is 3. The van der Waals surface area contributed by atoms with E-state index in [4.69, 9.17) is 0 Å². The van der Waals surface area contributed by atoms with Crippen LogP contribution in [0.15, 0.2) is 36.7 Å². The third-order valence-electron chi connectivity index (χ3n) is 3.22. The van der Waals surface area contributed by atoms with Crippen molar-refractivity contribution in [1.82, 2.24) is 19.8 Å². The van der Waals surface area contributed by atoms with Crippen molar-refractivity contribution in [3.63, 3.8) is 0 Å². The summed E-state index contributed by atoms with van der Waals surface area (Å²) in [5.74, 6) is -0.546. The molecule has 1 N–H and O–H groups in total. The van der Waals surface area contributed by atoms with Gasteiger partial charge in [0.15, 0.2) is 0 Å². The molecule has 0 radical (unpaired) electrons. The summed E-state index contributed by atoms with van der Waals surface area (Å²) >= 11 is 0. The Labute approximate surface area is 131 Å². The fourth-order valence-electron chi connectivity index (χ4n) is 2.08. The van der Waals surface area contributed by atoms with E-state index in [1.54, 1.807) is 30.1 Å². The lowest BCUT2D eigenvalue weighted by Gasteiger charge is -2.16. The number of aromatic nitrogens is 2. The Morgan fingerprint density at radius 1 is 1.39 bits per heavy atom. The van der Waals surface area contributed by atoms with Crippen molar-refractivity contribution in [2.24, 2.45) is 0 Å². The summed E-state index contributed by atoms with van der Waals surface area (Å²) in [6.45, 7) is -2.50. The van der Waals surface area contributed by atoms with Crippen LogP contribution in [-0.2, 0) is 17.9 Å². The number of hydrogen-bond donors (Lipinski definition) is 1. The van der Waals surface area contributed by atoms with E-state index in [-0.39, 0.29) is 37.2 Å². The SMILES string of the molecule is CN(CC(=O)NCc1ccccc1F)Cc1nccn1C(F)F. The van der Waals surface area contributed by atoms with Crippen LogP contribution in [0, 0.1) is 5.82 Å². The highest BCUT2D eigenvalue weighted by atomic mass is 19.3. The molecule has 0 aliphatic rings. The molecule has 0 aliphatic carbocycles. The molecule has 2 aromatic rings. The fraction of sp³-hybridized carbons (Fsp3) is 0.333. The third-order valence-corrected chi connectivity index (χ3v) is 3.22. The second-order valence-corrected chi connectivity index (χ2v) is 5.07. The molecule has 0 fully saturated rings. The van der Waals surface area contributed by atoms with Gasteiger partial charge in [0.05, 0.1) is 13.1 Å². The molecule has 0 saturated carbocycles. The topological polar surface area (TPSA) is 50.2 Å². The highest BCUT2D eigenvalue weighted by molar-refractivity contribution is 5.77. The number of carbonyl (C=O) groups excluding carboxylic acids is 1. The zero-order valence-electron chi connectivity index (χ0n) is 12.5. The Bertz CT molecular complexity index is 660. The number of hydrogen-bond acceptors (Lipinski definition) is 3. The summed E-state index contributed by atoms with van der Waals surface area (Å²) in [5, 5.41) is 2.59. The Hall–Kier alpha value is -2.35. The number of benzene rings is 1. The molecule has 1 heterocycles. The van der Waals surface area contributed by atoms with E-state index in [9.17, 15) is 18.0 Å². The lowest BCUT2D eigenvalue weighted by atomic mass is 10.2. The summed E-state index contributed by atoms with van der Waals surface area (Å²) in [4.78, 5) is 17.2. The number of likely N-dealkylation sites (N-methyl/N-ethyl adjacent to an activating group) is 1. The Morgan fingerprint density at radius 3 is 2.83 bits per heavy atom. The van der Waals surface area contributed by atoms with Crippen molar-refractivity contribution in [3.05, 3.63) is 53.9 Å². The van der Waals surface area contributed by atoms with Gasteiger partial charge < -0.3 is 5.32 Å². The van der Waals surface area contributed by atoms with Crippen molar-refractivity contribution in [1.29, 1.82) is 0 Å². The number of imidazole rings is 1. The molecule has 124 valence electrons. The van der Waals surface area contributed by atoms with Gasteiger partial charge in [-0.3, -0.25) is 14.3 Å². The highest BCUT2D eigenvalue weighted by Gasteiger charge is 2.14. The number of amides is 1. The van der Waals surface area contributed by atoms with Crippen molar-refractivity contribution >= 4 is 5.91 Å². The Balaban J connectivity index is 1.83. The number of nitrogens with one attached hydrogen (secondary N) is 1. The van der Waals surface area contributed by atoms with Crippen LogP contribution in [0.2, 0.25) is 0 Å². The number of carbonyl (C=O) groups is 1. The van der Waals surface area contributed by atoms with Crippen LogP contribution >= 0.6 is 0 Å². The summed E-state index contributed by atoms with van der Waals surface area (Å²) in [7, 11) is 1.62. The van der Waals surface area contributed by atoms with E-state index in [2.05, 4.69) is 10.3 Å². The molecule has 23 heavy (non-hydrogen) atoms. The zero-order valence-corrected chi connectivity index (χ0v) is 12.5. The molecule has 1 aromatic carbocycles. The van der Waals surface area contributed by atoms with E-state index < -0.39 is 6.55 Å². The second-order valence-electron chi connectivity index (χ2n) is 5.07. The van der Waals surface area contributed by atoms with Crippen LogP contribution in [0.3, 0.4) is 0 Å². The highest BCUT2D eigenvalue weighted by Crippen LogP contribution is 2.13. The summed E-state index contributed by atoms with van der Waals surface area (Å²) < 4.78 is 39.6. The number of halogens is 3. The lowest BCUT2D eigenvalue weighted by molar-refractivity contribution is -0.122. The van der Waals surface area contributed by atoms with E-state index in [0.29, 0.717) is 5.56 Å². The maximum absolute atomic E-state index is 13.4. The molecule has 0 aliphatic heterocycles. The summed E-state index contributed by atoms with van der Waals surface area (Å²) in [5.41, 5.74) is 0.386. The maximum Gasteiger partial charge on any atom is 0.319 e. The van der Waals surface area contributed by atoms with Gasteiger partial charge in [0, 0.05) is 24.5 Å². The molecule has 2 rings (SSSR count). The summed E-state index contributed by atoms with van der Waals surface area (Å²) in [6.07, 6.45) is 2.47. The normalized spacial score (nSPS) is 11.2. The largest absolute Gasteiger partial charge is 0.351 e. The van der Waals surface area contributed by atoms with Gasteiger partial charge in [0.25, 0.3) is 0 Å². The van der Waals surface area contributed by atoms with Gasteiger partial charge in [0.1, 0.15) is 11.6 Å². The molecular weight excluding hydrogens is 309 g/mol. The maximum atomic E-state index is 13.4. The van der Waals surface area contributed by atoms with Crippen LogP contribution in [0.4, 0.5) is 13.2 Å². The van der Waals surface area contributed by atoms with Gasteiger partial charge in [-0.15, -0.1) is 0 Å². The Kier molecular flexibility index (Phi) is 5.75. The van der Waals surface area contributed by atoms with Crippen LogP contribution in [-0.4, -0.2) is 34.0 Å². The minimum absolute atomic E-state index is 0.00937. The molecule has 5 nitrogen and oxygen atoms in total. The first-order valence-electron chi connectivity index (χ1n) is 6.96. The van der Waals surface area contributed by atoms with Gasteiger partial charge in [0.2, 0.25) is 5.91 Å². The first-order chi connectivity index (χ1) is 11.0. The molecule has 0 spiro atoms. The average molecular weight is 326 g/mol. The predicted molar refractivity (Wildman–Crippen MR) is 78.1 cm³/mol. The van der Waals surface area contributed by atoms with Gasteiger partial charge >= 0.3 is 6.55 Å². The standard InChI is InChI=1S/C15H17F3N4O/c1-21(9-13-19-6-7-22(13)15(17)18)10-14(23)20-8-11-4-2-3-5-12(11)16/h2-7,15H,8-10H2,1H3,(H,20,23). The van der Waals surface area contributed by atoms with Crippen LogP contribution in [0.5, 0.6) is 0 Å². The molecule has 0 bridgehead atoms. The Morgan fingerprint density at radius 2 is 2.13 bits per heavy atom. The second kappa shape index (κ2) is 7.77. The summed E-state index contributed by atoms with van der Waals surface area (Å²) in [6, 6.07) is 6.15. The third kappa shape index (κ3) is 4.82. The quantitative estimate of drug-likeness (QED) is 0.848. The lowest BCUT2D eigenvalue weighted by Crippen LogP contribution is -2.35. The van der Waals surface area contributed by atoms with Gasteiger partial charge in [-0.05, 0) is 13.1 Å². The van der Waals surface area contributed by atoms with Crippen molar-refractivity contribution in [2.45, 2.75) is 19.6 Å². The first kappa shape index (κ1) is 17.0. The first-order valence-corrected chi connectivity index (χ1v) is 6.96. The fourth-order valence-corrected chi connectivity index (χ4v) is 2.08. The molecule has 1 aromatic heterocycles. The molecule has 1 amide bonds. The van der Waals surface area contributed by atoms with E-state index in [1.165, 1.54) is 18.5 Å². The minimum atomic E-state index is -2.67. The number of alkyl halides is 2. The van der Waals surface area contributed by atoms with Crippen LogP contribution in [0.25, 0.3) is 0 Å². The van der Waals surface area contributed by atoms with Crippen LogP contribution < -0.4 is 5.32 Å². The monoisotopic (exact) mass is 326 g/mol. The molecule has 0 saturated heterocycles. The van der Waals surface area contributed by atoms with Crippen LogP contribution in [0.1, 0.15) is 17.9 Å². The van der Waals surface area contributed by atoms with Gasteiger partial charge in [-0.2, -0.15) is 8.78 Å². The molecule has 8 heteroatoms. The smallest absolute Gasteiger partial charge is 0.319 e. The average Bonchev–Trinajstić information content (AvgIpc) is 2.94. The van der Waals surface area contributed by atoms with Gasteiger partial charge in [-0.25, -0.2) is 9.37 Å². The predicted octanol–water partition coefficient (Wildman–Crippen LogP) is 2.17.